The lowest BCUT2D eigenvalue weighted by Gasteiger charge is -2.17. The van der Waals surface area contributed by atoms with Crippen LogP contribution in [0.1, 0.15) is 22.8 Å². The summed E-state index contributed by atoms with van der Waals surface area (Å²) >= 11 is 6.10. The van der Waals surface area contributed by atoms with Gasteiger partial charge in [-0.1, -0.05) is 60.1 Å². The maximum atomic E-state index is 12.3. The molecular formula is C22H20ClNO3. The van der Waals surface area contributed by atoms with Crippen molar-refractivity contribution in [3.63, 3.8) is 0 Å². The Morgan fingerprint density at radius 2 is 1.78 bits per heavy atom. The number of nitrogens with one attached hydrogen (secondary N) is 1. The molecule has 0 aliphatic rings. The molecule has 4 nitrogen and oxygen atoms in total. The molecular weight excluding hydrogens is 362 g/mol. The van der Waals surface area contributed by atoms with Crippen molar-refractivity contribution in [2.24, 2.45) is 0 Å². The predicted octanol–water partition coefficient (Wildman–Crippen LogP) is 4.75. The molecule has 0 aliphatic heterocycles. The summed E-state index contributed by atoms with van der Waals surface area (Å²) in [5.74, 6) is 0.343. The van der Waals surface area contributed by atoms with Gasteiger partial charge in [-0.25, -0.2) is 0 Å². The maximum absolute atomic E-state index is 12.3. The van der Waals surface area contributed by atoms with E-state index in [2.05, 4.69) is 5.32 Å². The third kappa shape index (κ3) is 4.88. The van der Waals surface area contributed by atoms with Gasteiger partial charge in [0.05, 0.1) is 0 Å². The molecule has 0 fully saturated rings. The second-order valence-corrected chi connectivity index (χ2v) is 6.58. The van der Waals surface area contributed by atoms with Crippen LogP contribution >= 0.6 is 11.6 Å². The predicted molar refractivity (Wildman–Crippen MR) is 107 cm³/mol. The lowest BCUT2D eigenvalue weighted by atomic mass is 10.00. The van der Waals surface area contributed by atoms with Crippen LogP contribution in [0.5, 0.6) is 5.75 Å². The largest absolute Gasteiger partial charge is 0.483 e. The van der Waals surface area contributed by atoms with Gasteiger partial charge in [-0.2, -0.15) is 0 Å². The molecule has 3 aromatic carbocycles. The molecule has 3 rings (SSSR count). The van der Waals surface area contributed by atoms with E-state index < -0.39 is 6.10 Å². The van der Waals surface area contributed by atoms with Gasteiger partial charge in [-0.15, -0.1) is 0 Å². The van der Waals surface area contributed by atoms with Crippen LogP contribution in [0.4, 0.5) is 5.69 Å². The summed E-state index contributed by atoms with van der Waals surface area (Å²) in [5, 5.41) is 14.0. The van der Waals surface area contributed by atoms with E-state index in [1.165, 1.54) is 0 Å². The molecule has 0 spiro atoms. The van der Waals surface area contributed by atoms with Gasteiger partial charge in [0.15, 0.2) is 6.61 Å². The van der Waals surface area contributed by atoms with E-state index >= 15 is 0 Å². The number of carbonyl (C=O) groups excluding carboxylic acids is 1. The Bertz CT molecular complexity index is 928. The summed E-state index contributed by atoms with van der Waals surface area (Å²) in [5.41, 5.74) is 2.69. The molecule has 0 radical (unpaired) electrons. The Labute approximate surface area is 163 Å². The highest BCUT2D eigenvalue weighted by Gasteiger charge is 2.17. The van der Waals surface area contributed by atoms with Gasteiger partial charge in [0.2, 0.25) is 0 Å². The molecule has 138 valence electrons. The second-order valence-electron chi connectivity index (χ2n) is 6.15. The minimum Gasteiger partial charge on any atom is -0.483 e. The lowest BCUT2D eigenvalue weighted by molar-refractivity contribution is -0.118. The third-order valence-corrected chi connectivity index (χ3v) is 4.39. The van der Waals surface area contributed by atoms with Gasteiger partial charge in [0.1, 0.15) is 11.9 Å². The molecule has 27 heavy (non-hydrogen) atoms. The summed E-state index contributed by atoms with van der Waals surface area (Å²) in [4.78, 5) is 12.3. The molecule has 1 amide bonds. The lowest BCUT2D eigenvalue weighted by Crippen LogP contribution is -2.21. The molecule has 0 saturated heterocycles. The Morgan fingerprint density at radius 3 is 2.52 bits per heavy atom. The van der Waals surface area contributed by atoms with Crippen LogP contribution in [0.25, 0.3) is 0 Å². The van der Waals surface area contributed by atoms with E-state index in [0.29, 0.717) is 27.6 Å². The Morgan fingerprint density at radius 1 is 1.07 bits per heavy atom. The van der Waals surface area contributed by atoms with Crippen molar-refractivity contribution >= 4 is 23.2 Å². The molecule has 0 aliphatic carbocycles. The van der Waals surface area contributed by atoms with Crippen LogP contribution < -0.4 is 10.1 Å². The van der Waals surface area contributed by atoms with E-state index in [-0.39, 0.29) is 12.5 Å². The van der Waals surface area contributed by atoms with Gasteiger partial charge < -0.3 is 15.2 Å². The van der Waals surface area contributed by atoms with Gasteiger partial charge in [-0.05, 0) is 42.3 Å². The molecule has 1 unspecified atom stereocenters. The Kier molecular flexibility index (Phi) is 6.12. The molecule has 1 atom stereocenters. The van der Waals surface area contributed by atoms with E-state index in [1.54, 1.807) is 18.2 Å². The minimum atomic E-state index is -0.905. The summed E-state index contributed by atoms with van der Waals surface area (Å²) in [6, 6.07) is 21.7. The Hall–Kier alpha value is -2.82. The molecule has 0 heterocycles. The number of carbonyl (C=O) groups is 1. The average Bonchev–Trinajstić information content (AvgIpc) is 2.69. The fourth-order valence-corrected chi connectivity index (χ4v) is 2.92. The fourth-order valence-electron chi connectivity index (χ4n) is 2.74. The first-order valence-corrected chi connectivity index (χ1v) is 8.93. The first kappa shape index (κ1) is 19.0. The molecule has 3 aromatic rings. The van der Waals surface area contributed by atoms with Crippen LogP contribution in [0, 0.1) is 6.92 Å². The monoisotopic (exact) mass is 381 g/mol. The zero-order chi connectivity index (χ0) is 19.2. The maximum Gasteiger partial charge on any atom is 0.262 e. The van der Waals surface area contributed by atoms with Crippen LogP contribution in [-0.4, -0.2) is 17.6 Å². The molecule has 5 heteroatoms. The number of hydrogen-bond acceptors (Lipinski definition) is 3. The standard InChI is InChI=1S/C22H20ClNO3/c1-15-7-5-6-10-20(15)27-14-21(25)24-19-12-11-17(23)13-18(19)22(26)16-8-3-2-4-9-16/h2-13,22,26H,14H2,1H3,(H,24,25). The van der Waals surface area contributed by atoms with Crippen molar-refractivity contribution in [1.29, 1.82) is 0 Å². The van der Waals surface area contributed by atoms with Gasteiger partial charge in [-0.3, -0.25) is 4.79 Å². The van der Waals surface area contributed by atoms with Crippen LogP contribution in [0.15, 0.2) is 72.8 Å². The summed E-state index contributed by atoms with van der Waals surface area (Å²) in [7, 11) is 0. The topological polar surface area (TPSA) is 58.6 Å². The summed E-state index contributed by atoms with van der Waals surface area (Å²) in [6.07, 6.45) is -0.905. The number of halogens is 1. The minimum absolute atomic E-state index is 0.131. The van der Waals surface area contributed by atoms with Gasteiger partial charge in [0, 0.05) is 16.3 Å². The Balaban J connectivity index is 1.75. The summed E-state index contributed by atoms with van der Waals surface area (Å²) < 4.78 is 5.58. The molecule has 0 bridgehead atoms. The van der Waals surface area contributed by atoms with Crippen molar-refractivity contribution in [2.45, 2.75) is 13.0 Å². The smallest absolute Gasteiger partial charge is 0.262 e. The van der Waals surface area contributed by atoms with Crippen LogP contribution in [0.2, 0.25) is 5.02 Å². The number of aryl methyl sites for hydroxylation is 1. The molecule has 0 saturated carbocycles. The van der Waals surface area contributed by atoms with E-state index in [9.17, 15) is 9.90 Å². The zero-order valence-corrected chi connectivity index (χ0v) is 15.6. The van der Waals surface area contributed by atoms with E-state index in [0.717, 1.165) is 5.56 Å². The number of para-hydroxylation sites is 1. The third-order valence-electron chi connectivity index (χ3n) is 4.15. The summed E-state index contributed by atoms with van der Waals surface area (Å²) in [6.45, 7) is 1.79. The number of benzene rings is 3. The number of aliphatic hydroxyl groups is 1. The van der Waals surface area contributed by atoms with E-state index in [1.807, 2.05) is 61.5 Å². The molecule has 0 aromatic heterocycles. The van der Waals surface area contributed by atoms with Crippen molar-refractivity contribution in [2.75, 3.05) is 11.9 Å². The van der Waals surface area contributed by atoms with Crippen LogP contribution in [0.3, 0.4) is 0 Å². The SMILES string of the molecule is Cc1ccccc1OCC(=O)Nc1ccc(Cl)cc1C(O)c1ccccc1. The van der Waals surface area contributed by atoms with Crippen molar-refractivity contribution < 1.29 is 14.6 Å². The van der Waals surface area contributed by atoms with Gasteiger partial charge in [0.25, 0.3) is 5.91 Å². The highest BCUT2D eigenvalue weighted by atomic mass is 35.5. The molecule has 2 N–H and O–H groups in total. The van der Waals surface area contributed by atoms with Crippen LogP contribution in [-0.2, 0) is 4.79 Å². The number of rotatable bonds is 6. The fraction of sp³-hybridized carbons (Fsp3) is 0.136. The number of hydrogen-bond donors (Lipinski definition) is 2. The van der Waals surface area contributed by atoms with Crippen molar-refractivity contribution in [1.82, 2.24) is 0 Å². The normalized spacial score (nSPS) is 11.7. The van der Waals surface area contributed by atoms with Gasteiger partial charge >= 0.3 is 0 Å². The van der Waals surface area contributed by atoms with E-state index in [4.69, 9.17) is 16.3 Å². The highest BCUT2D eigenvalue weighted by Crippen LogP contribution is 2.31. The number of ether oxygens (including phenoxy) is 1. The highest BCUT2D eigenvalue weighted by molar-refractivity contribution is 6.30. The number of amides is 1. The quantitative estimate of drug-likeness (QED) is 0.648. The first-order chi connectivity index (χ1) is 13.0. The van der Waals surface area contributed by atoms with Crippen molar-refractivity contribution in [3.8, 4) is 5.75 Å². The number of aliphatic hydroxyl groups excluding tert-OH is 1. The number of anilines is 1. The van der Waals surface area contributed by atoms with Crippen molar-refractivity contribution in [3.05, 3.63) is 94.5 Å². The second kappa shape index (κ2) is 8.71. The first-order valence-electron chi connectivity index (χ1n) is 8.55. The zero-order valence-electron chi connectivity index (χ0n) is 14.9. The average molecular weight is 382 g/mol.